The minimum Gasteiger partial charge on any atom is -0.508 e. The molecule has 3 heterocycles. The third-order valence-electron chi connectivity index (χ3n) is 3.75. The molecule has 5 heteroatoms. The van der Waals surface area contributed by atoms with Crippen LogP contribution in [0.3, 0.4) is 0 Å². The number of phenols is 1. The maximum Gasteiger partial charge on any atom is 0.137 e. The standard InChI is InChI=1S/C17H14N4O/c1-21-10-13(8-20-21)12-6-15-16(9-19-17(15)18-7-12)11-2-4-14(22)5-3-11/h2-10,22H,1H3,(H,18,19). The van der Waals surface area contributed by atoms with Crippen LogP contribution in [0, 0.1) is 0 Å². The van der Waals surface area contributed by atoms with Crippen LogP contribution in [0.15, 0.2) is 55.1 Å². The molecule has 0 aliphatic carbocycles. The van der Waals surface area contributed by atoms with Crippen molar-refractivity contribution in [2.45, 2.75) is 0 Å². The van der Waals surface area contributed by atoms with Crippen LogP contribution in [0.4, 0.5) is 0 Å². The number of phenolic OH excluding ortho intramolecular Hbond substituents is 1. The van der Waals surface area contributed by atoms with Crippen LogP contribution in [-0.2, 0) is 7.05 Å². The Hall–Kier alpha value is -3.08. The summed E-state index contributed by atoms with van der Waals surface area (Å²) in [5, 5.41) is 14.7. The second-order valence-electron chi connectivity index (χ2n) is 5.27. The maximum atomic E-state index is 9.43. The minimum atomic E-state index is 0.262. The van der Waals surface area contributed by atoms with Gasteiger partial charge in [-0.15, -0.1) is 0 Å². The van der Waals surface area contributed by atoms with E-state index in [0.29, 0.717) is 0 Å². The monoisotopic (exact) mass is 290 g/mol. The van der Waals surface area contributed by atoms with Crippen molar-refractivity contribution in [3.8, 4) is 28.0 Å². The second kappa shape index (κ2) is 4.73. The topological polar surface area (TPSA) is 66.7 Å². The number of nitrogens with zero attached hydrogens (tertiary/aromatic N) is 3. The molecule has 0 radical (unpaired) electrons. The van der Waals surface area contributed by atoms with Gasteiger partial charge in [0.25, 0.3) is 0 Å². The first kappa shape index (κ1) is 12.6. The van der Waals surface area contributed by atoms with Crippen molar-refractivity contribution < 1.29 is 5.11 Å². The van der Waals surface area contributed by atoms with Crippen LogP contribution in [0.25, 0.3) is 33.3 Å². The van der Waals surface area contributed by atoms with Gasteiger partial charge >= 0.3 is 0 Å². The summed E-state index contributed by atoms with van der Waals surface area (Å²) in [5.74, 6) is 0.262. The quantitative estimate of drug-likeness (QED) is 0.595. The Morgan fingerprint density at radius 2 is 1.86 bits per heavy atom. The molecule has 0 aliphatic heterocycles. The number of rotatable bonds is 2. The van der Waals surface area contributed by atoms with Crippen molar-refractivity contribution in [2.24, 2.45) is 7.05 Å². The van der Waals surface area contributed by atoms with E-state index in [0.717, 1.165) is 33.3 Å². The average Bonchev–Trinajstić information content (AvgIpc) is 3.14. The van der Waals surface area contributed by atoms with Gasteiger partial charge in [0, 0.05) is 47.7 Å². The molecule has 108 valence electrons. The number of fused-ring (bicyclic) bond motifs is 1. The number of hydrogen-bond donors (Lipinski definition) is 2. The molecule has 5 nitrogen and oxygen atoms in total. The Morgan fingerprint density at radius 1 is 1.05 bits per heavy atom. The Bertz CT molecular complexity index is 950. The fourth-order valence-corrected chi connectivity index (χ4v) is 2.61. The number of benzene rings is 1. The van der Waals surface area contributed by atoms with Crippen molar-refractivity contribution in [1.29, 1.82) is 0 Å². The third-order valence-corrected chi connectivity index (χ3v) is 3.75. The first-order valence-corrected chi connectivity index (χ1v) is 6.96. The highest BCUT2D eigenvalue weighted by Gasteiger charge is 2.09. The van der Waals surface area contributed by atoms with Gasteiger partial charge in [0.05, 0.1) is 6.20 Å². The van der Waals surface area contributed by atoms with Crippen LogP contribution < -0.4 is 0 Å². The Balaban J connectivity index is 1.88. The smallest absolute Gasteiger partial charge is 0.137 e. The largest absolute Gasteiger partial charge is 0.508 e. The van der Waals surface area contributed by atoms with Crippen molar-refractivity contribution in [3.05, 3.63) is 55.1 Å². The molecule has 3 aromatic heterocycles. The predicted molar refractivity (Wildman–Crippen MR) is 85.4 cm³/mol. The van der Waals surface area contributed by atoms with Gasteiger partial charge in [-0.2, -0.15) is 5.10 Å². The highest BCUT2D eigenvalue weighted by molar-refractivity contribution is 5.95. The van der Waals surface area contributed by atoms with Crippen molar-refractivity contribution >= 4 is 11.0 Å². The molecule has 2 N–H and O–H groups in total. The van der Waals surface area contributed by atoms with Crippen molar-refractivity contribution in [2.75, 3.05) is 0 Å². The molecule has 0 atom stereocenters. The number of hydrogen-bond acceptors (Lipinski definition) is 3. The summed E-state index contributed by atoms with van der Waals surface area (Å²) in [6, 6.07) is 9.28. The van der Waals surface area contributed by atoms with Crippen molar-refractivity contribution in [1.82, 2.24) is 19.7 Å². The Kier molecular flexibility index (Phi) is 2.72. The summed E-state index contributed by atoms with van der Waals surface area (Å²) in [6.07, 6.45) is 7.58. The fraction of sp³-hybridized carbons (Fsp3) is 0.0588. The molecule has 0 amide bonds. The molecule has 0 fully saturated rings. The first-order valence-electron chi connectivity index (χ1n) is 6.96. The fourth-order valence-electron chi connectivity index (χ4n) is 2.61. The normalized spacial score (nSPS) is 11.1. The lowest BCUT2D eigenvalue weighted by Crippen LogP contribution is -1.84. The number of aromatic nitrogens is 4. The van der Waals surface area contributed by atoms with E-state index in [2.05, 4.69) is 21.1 Å². The molecule has 1 aromatic carbocycles. The number of nitrogens with one attached hydrogen (secondary N) is 1. The summed E-state index contributed by atoms with van der Waals surface area (Å²) >= 11 is 0. The summed E-state index contributed by atoms with van der Waals surface area (Å²) in [5.41, 5.74) is 5.01. The van der Waals surface area contributed by atoms with Crippen LogP contribution in [-0.4, -0.2) is 24.9 Å². The average molecular weight is 290 g/mol. The molecule has 0 spiro atoms. The van der Waals surface area contributed by atoms with Gasteiger partial charge in [0.2, 0.25) is 0 Å². The molecule has 4 aromatic rings. The lowest BCUT2D eigenvalue weighted by atomic mass is 10.0. The molecule has 4 rings (SSSR count). The van der Waals surface area contributed by atoms with E-state index >= 15 is 0 Å². The lowest BCUT2D eigenvalue weighted by molar-refractivity contribution is 0.475. The van der Waals surface area contributed by atoms with E-state index in [1.54, 1.807) is 16.8 Å². The van der Waals surface area contributed by atoms with E-state index in [-0.39, 0.29) is 5.75 Å². The van der Waals surface area contributed by atoms with Gasteiger partial charge < -0.3 is 10.1 Å². The van der Waals surface area contributed by atoms with Gasteiger partial charge in [-0.25, -0.2) is 4.98 Å². The summed E-state index contributed by atoms with van der Waals surface area (Å²) in [4.78, 5) is 7.68. The zero-order valence-electron chi connectivity index (χ0n) is 12.0. The molecule has 0 unspecified atom stereocenters. The minimum absolute atomic E-state index is 0.262. The summed E-state index contributed by atoms with van der Waals surface area (Å²) < 4.78 is 1.78. The van der Waals surface area contributed by atoms with E-state index in [1.807, 2.05) is 44.0 Å². The predicted octanol–water partition coefficient (Wildman–Crippen LogP) is 3.34. The Labute approximate surface area is 126 Å². The maximum absolute atomic E-state index is 9.43. The molecule has 0 saturated carbocycles. The molecule has 0 saturated heterocycles. The zero-order valence-corrected chi connectivity index (χ0v) is 12.0. The lowest BCUT2D eigenvalue weighted by Gasteiger charge is -2.02. The number of pyridine rings is 1. The summed E-state index contributed by atoms with van der Waals surface area (Å²) in [7, 11) is 1.90. The van der Waals surface area contributed by atoms with E-state index in [4.69, 9.17) is 0 Å². The van der Waals surface area contributed by atoms with Gasteiger partial charge in [-0.1, -0.05) is 12.1 Å². The van der Waals surface area contributed by atoms with Crippen LogP contribution in [0.2, 0.25) is 0 Å². The second-order valence-corrected chi connectivity index (χ2v) is 5.27. The molecule has 0 aliphatic rings. The highest BCUT2D eigenvalue weighted by Crippen LogP contribution is 2.31. The number of aryl methyl sites for hydroxylation is 1. The zero-order chi connectivity index (χ0) is 15.1. The Morgan fingerprint density at radius 3 is 2.59 bits per heavy atom. The van der Waals surface area contributed by atoms with Crippen LogP contribution in [0.1, 0.15) is 0 Å². The number of H-pyrrole nitrogens is 1. The number of aromatic amines is 1. The van der Waals surface area contributed by atoms with E-state index < -0.39 is 0 Å². The first-order chi connectivity index (χ1) is 10.7. The number of aromatic hydroxyl groups is 1. The van der Waals surface area contributed by atoms with Gasteiger partial charge in [-0.3, -0.25) is 4.68 Å². The van der Waals surface area contributed by atoms with Crippen molar-refractivity contribution in [3.63, 3.8) is 0 Å². The van der Waals surface area contributed by atoms with Gasteiger partial charge in [0.15, 0.2) is 0 Å². The highest BCUT2D eigenvalue weighted by atomic mass is 16.3. The van der Waals surface area contributed by atoms with Crippen LogP contribution >= 0.6 is 0 Å². The molecular formula is C17H14N4O. The summed E-state index contributed by atoms with van der Waals surface area (Å²) in [6.45, 7) is 0. The van der Waals surface area contributed by atoms with Gasteiger partial charge in [0.1, 0.15) is 11.4 Å². The molecule has 22 heavy (non-hydrogen) atoms. The molecule has 0 bridgehead atoms. The third kappa shape index (κ3) is 2.03. The van der Waals surface area contributed by atoms with Crippen LogP contribution in [0.5, 0.6) is 5.75 Å². The SMILES string of the molecule is Cn1cc(-c2cnc3[nH]cc(-c4ccc(O)cc4)c3c2)cn1. The van der Waals surface area contributed by atoms with E-state index in [9.17, 15) is 5.11 Å². The van der Waals surface area contributed by atoms with Gasteiger partial charge in [-0.05, 0) is 23.8 Å². The molecular weight excluding hydrogens is 276 g/mol. The van der Waals surface area contributed by atoms with E-state index in [1.165, 1.54) is 0 Å².